The number of anilines is 1. The van der Waals surface area contributed by atoms with Crippen LogP contribution in [-0.2, 0) is 4.79 Å². The van der Waals surface area contributed by atoms with E-state index >= 15 is 0 Å². The summed E-state index contributed by atoms with van der Waals surface area (Å²) in [6.45, 7) is -0.365. The summed E-state index contributed by atoms with van der Waals surface area (Å²) in [5.74, 6) is -1.46. The maximum atomic E-state index is 13.4. The molecule has 2 aromatic carbocycles. The number of hydrogen-bond donors (Lipinski definition) is 1. The maximum Gasteiger partial charge on any atom is 0.305 e. The first-order valence-corrected chi connectivity index (χ1v) is 7.77. The average Bonchev–Trinajstić information content (AvgIpc) is 2.48. The summed E-state index contributed by atoms with van der Waals surface area (Å²) in [6.07, 6.45) is 0. The second-order valence-corrected chi connectivity index (χ2v) is 6.10. The Kier molecular flexibility index (Phi) is 5.67. The fourth-order valence-corrected chi connectivity index (χ4v) is 2.36. The summed E-state index contributed by atoms with van der Waals surface area (Å²) in [6, 6.07) is 8.33. The van der Waals surface area contributed by atoms with Gasteiger partial charge in [0, 0.05) is 21.1 Å². The zero-order chi connectivity index (χ0) is 17.0. The molecule has 0 saturated carbocycles. The molecule has 2 aromatic rings. The third-order valence-corrected chi connectivity index (χ3v) is 3.87. The fourth-order valence-electron chi connectivity index (χ4n) is 1.65. The van der Waals surface area contributed by atoms with Crippen LogP contribution < -0.4 is 10.1 Å². The number of rotatable bonds is 5. The van der Waals surface area contributed by atoms with Crippen LogP contribution in [0.4, 0.5) is 15.8 Å². The van der Waals surface area contributed by atoms with Crippen molar-refractivity contribution >= 4 is 49.1 Å². The van der Waals surface area contributed by atoms with Crippen molar-refractivity contribution in [3.05, 3.63) is 61.3 Å². The van der Waals surface area contributed by atoms with Crippen molar-refractivity contribution < 1.29 is 18.8 Å². The zero-order valence-corrected chi connectivity index (χ0v) is 14.6. The van der Waals surface area contributed by atoms with E-state index in [2.05, 4.69) is 37.2 Å². The van der Waals surface area contributed by atoms with Crippen molar-refractivity contribution in [2.75, 3.05) is 11.9 Å². The van der Waals surface area contributed by atoms with E-state index in [9.17, 15) is 19.3 Å². The zero-order valence-electron chi connectivity index (χ0n) is 11.4. The van der Waals surface area contributed by atoms with Gasteiger partial charge in [0.25, 0.3) is 5.91 Å². The Morgan fingerprint density at radius 3 is 2.65 bits per heavy atom. The van der Waals surface area contributed by atoms with Crippen molar-refractivity contribution in [2.24, 2.45) is 0 Å². The molecule has 23 heavy (non-hydrogen) atoms. The lowest BCUT2D eigenvalue weighted by atomic mass is 10.3. The molecule has 120 valence electrons. The fraction of sp³-hybridized carbons (Fsp3) is 0.0714. The lowest BCUT2D eigenvalue weighted by Gasteiger charge is -2.09. The van der Waals surface area contributed by atoms with Crippen LogP contribution in [0.15, 0.2) is 45.3 Å². The number of benzene rings is 2. The number of carbonyl (C=O) groups is 1. The van der Waals surface area contributed by atoms with Crippen molar-refractivity contribution in [3.8, 4) is 5.75 Å². The number of hydrogen-bond acceptors (Lipinski definition) is 4. The van der Waals surface area contributed by atoms with Crippen molar-refractivity contribution in [3.63, 3.8) is 0 Å². The van der Waals surface area contributed by atoms with Crippen LogP contribution in [-0.4, -0.2) is 17.4 Å². The molecule has 0 aliphatic rings. The minimum Gasteiger partial charge on any atom is -0.484 e. The van der Waals surface area contributed by atoms with Crippen LogP contribution in [0.3, 0.4) is 0 Å². The highest BCUT2D eigenvalue weighted by atomic mass is 79.9. The molecule has 6 nitrogen and oxygen atoms in total. The molecule has 9 heteroatoms. The Morgan fingerprint density at radius 2 is 2.00 bits per heavy atom. The lowest BCUT2D eigenvalue weighted by molar-refractivity contribution is -0.387. The first-order valence-electron chi connectivity index (χ1n) is 6.18. The number of ether oxygens (including phenoxy) is 1. The maximum absolute atomic E-state index is 13.4. The van der Waals surface area contributed by atoms with Gasteiger partial charge in [0.1, 0.15) is 5.75 Å². The first kappa shape index (κ1) is 17.4. The summed E-state index contributed by atoms with van der Waals surface area (Å²) in [5.41, 5.74) is -0.109. The number of carbonyl (C=O) groups excluding carboxylic acids is 1. The van der Waals surface area contributed by atoms with Crippen LogP contribution in [0.2, 0.25) is 0 Å². The predicted molar refractivity (Wildman–Crippen MR) is 89.0 cm³/mol. The van der Waals surface area contributed by atoms with Crippen LogP contribution in [0.5, 0.6) is 5.75 Å². The van der Waals surface area contributed by atoms with Gasteiger partial charge in [-0.2, -0.15) is 4.39 Å². The third kappa shape index (κ3) is 4.73. The van der Waals surface area contributed by atoms with E-state index in [4.69, 9.17) is 4.74 Å². The monoisotopic (exact) mass is 446 g/mol. The van der Waals surface area contributed by atoms with E-state index in [1.54, 1.807) is 18.2 Å². The molecule has 0 atom stereocenters. The number of nitro groups is 1. The normalized spacial score (nSPS) is 10.2. The molecule has 0 aromatic heterocycles. The smallest absolute Gasteiger partial charge is 0.305 e. The van der Waals surface area contributed by atoms with Gasteiger partial charge in [-0.3, -0.25) is 14.9 Å². The molecular weight excluding hydrogens is 439 g/mol. The SMILES string of the molecule is O=C(COc1ccc([N+](=O)[O-])c(F)c1)Nc1cc(Br)ccc1Br. The van der Waals surface area contributed by atoms with Gasteiger partial charge in [0.05, 0.1) is 10.6 Å². The number of amides is 1. The highest BCUT2D eigenvalue weighted by Crippen LogP contribution is 2.26. The predicted octanol–water partition coefficient (Wildman–Crippen LogP) is 4.28. The molecule has 0 spiro atoms. The largest absolute Gasteiger partial charge is 0.484 e. The highest BCUT2D eigenvalue weighted by molar-refractivity contribution is 9.11. The average molecular weight is 448 g/mol. The van der Waals surface area contributed by atoms with Gasteiger partial charge in [-0.05, 0) is 40.2 Å². The van der Waals surface area contributed by atoms with Crippen molar-refractivity contribution in [1.29, 1.82) is 0 Å². The highest BCUT2D eigenvalue weighted by Gasteiger charge is 2.15. The topological polar surface area (TPSA) is 81.5 Å². The summed E-state index contributed by atoms with van der Waals surface area (Å²) in [5, 5.41) is 13.1. The van der Waals surface area contributed by atoms with Gasteiger partial charge >= 0.3 is 5.69 Å². The second-order valence-electron chi connectivity index (χ2n) is 4.33. The molecule has 2 rings (SSSR count). The molecule has 0 unspecified atom stereocenters. The molecule has 1 N–H and O–H groups in total. The van der Waals surface area contributed by atoms with Crippen LogP contribution in [0.1, 0.15) is 0 Å². The number of nitrogens with zero attached hydrogens (tertiary/aromatic N) is 1. The van der Waals surface area contributed by atoms with E-state index in [0.717, 1.165) is 16.6 Å². The number of nitrogens with one attached hydrogen (secondary N) is 1. The molecule has 0 bridgehead atoms. The Labute approximate surface area is 147 Å². The second kappa shape index (κ2) is 7.51. The summed E-state index contributed by atoms with van der Waals surface area (Å²) in [7, 11) is 0. The lowest BCUT2D eigenvalue weighted by Crippen LogP contribution is -2.20. The Balaban J connectivity index is 1.98. The van der Waals surface area contributed by atoms with Crippen molar-refractivity contribution in [1.82, 2.24) is 0 Å². The molecule has 0 aliphatic carbocycles. The molecule has 0 aliphatic heterocycles. The minimum atomic E-state index is -1.03. The molecule has 0 fully saturated rings. The summed E-state index contributed by atoms with van der Waals surface area (Å²) >= 11 is 6.58. The van der Waals surface area contributed by atoms with Crippen LogP contribution in [0.25, 0.3) is 0 Å². The molecule has 0 radical (unpaired) electrons. The molecule has 1 amide bonds. The quantitative estimate of drug-likeness (QED) is 0.548. The summed E-state index contributed by atoms with van der Waals surface area (Å²) < 4.78 is 20.0. The van der Waals surface area contributed by atoms with Gasteiger partial charge in [-0.15, -0.1) is 0 Å². The molecule has 0 saturated heterocycles. The summed E-state index contributed by atoms with van der Waals surface area (Å²) in [4.78, 5) is 21.5. The third-order valence-electron chi connectivity index (χ3n) is 2.69. The van der Waals surface area contributed by atoms with Gasteiger partial charge in [0.15, 0.2) is 6.61 Å². The van der Waals surface area contributed by atoms with Crippen LogP contribution in [0, 0.1) is 15.9 Å². The van der Waals surface area contributed by atoms with E-state index in [1.807, 2.05) is 0 Å². The number of halogens is 3. The van der Waals surface area contributed by atoms with E-state index in [-0.39, 0.29) is 12.4 Å². The van der Waals surface area contributed by atoms with Gasteiger partial charge in [0.2, 0.25) is 5.82 Å². The Bertz CT molecular complexity index is 770. The molecule has 0 heterocycles. The minimum absolute atomic E-state index is 0.0246. The van der Waals surface area contributed by atoms with E-state index in [1.165, 1.54) is 6.07 Å². The standard InChI is InChI=1S/C14H9Br2FN2O4/c15-8-1-3-10(16)12(5-8)18-14(20)7-23-9-2-4-13(19(21)22)11(17)6-9/h1-6H,7H2,(H,18,20). The van der Waals surface area contributed by atoms with Gasteiger partial charge < -0.3 is 10.1 Å². The Morgan fingerprint density at radius 1 is 1.26 bits per heavy atom. The van der Waals surface area contributed by atoms with E-state index < -0.39 is 22.3 Å². The van der Waals surface area contributed by atoms with Crippen LogP contribution >= 0.6 is 31.9 Å². The Hall–Kier alpha value is -2.00. The first-order chi connectivity index (χ1) is 10.9. The van der Waals surface area contributed by atoms with Gasteiger partial charge in [-0.1, -0.05) is 15.9 Å². The van der Waals surface area contributed by atoms with E-state index in [0.29, 0.717) is 10.2 Å². The number of nitro benzene ring substituents is 1. The van der Waals surface area contributed by atoms with Crippen molar-refractivity contribution in [2.45, 2.75) is 0 Å². The molecular formula is C14H9Br2FN2O4. The van der Waals surface area contributed by atoms with Gasteiger partial charge in [-0.25, -0.2) is 0 Å².